The van der Waals surface area contributed by atoms with Gasteiger partial charge in [0.1, 0.15) is 18.1 Å². The number of aliphatic carboxylic acids is 1. The lowest BCUT2D eigenvalue weighted by molar-refractivity contribution is -0.142. The fourth-order valence-electron chi connectivity index (χ4n) is 3.36. The third kappa shape index (κ3) is 9.18. The van der Waals surface area contributed by atoms with Gasteiger partial charge < -0.3 is 32.5 Å². The maximum atomic E-state index is 13.0. The molecule has 8 N–H and O–H groups in total. The molecule has 2 aromatic carbocycles. The maximum Gasteiger partial charge on any atom is 0.325 e. The van der Waals surface area contributed by atoms with Crippen LogP contribution in [0.15, 0.2) is 60.7 Å². The Kier molecular flexibility index (Phi) is 10.6. The number of nitrogens with one attached hydrogen (secondary N) is 3. The Balaban J connectivity index is 2.16. The van der Waals surface area contributed by atoms with Crippen LogP contribution in [0.3, 0.4) is 0 Å². The number of nitrogens with two attached hydrogens (primary N) is 2. The number of carbonyl (C=O) groups excluding carboxylic acids is 4. The molecule has 2 rings (SSSR count). The number of primary amides is 1. The molecule has 11 heteroatoms. The van der Waals surface area contributed by atoms with Crippen LogP contribution in [-0.4, -0.2) is 58.9 Å². The van der Waals surface area contributed by atoms with Crippen molar-refractivity contribution in [3.63, 3.8) is 0 Å². The van der Waals surface area contributed by atoms with E-state index in [4.69, 9.17) is 16.6 Å². The zero-order chi connectivity index (χ0) is 26.7. The number of carboxylic acid groups (broad SMARTS) is 1. The van der Waals surface area contributed by atoms with E-state index in [-0.39, 0.29) is 12.8 Å². The van der Waals surface area contributed by atoms with Crippen LogP contribution in [0.1, 0.15) is 24.5 Å². The first kappa shape index (κ1) is 28.0. The molecule has 36 heavy (non-hydrogen) atoms. The molecule has 4 amide bonds. The fourth-order valence-corrected chi connectivity index (χ4v) is 3.36. The summed E-state index contributed by atoms with van der Waals surface area (Å²) in [5, 5.41) is 16.4. The third-order valence-electron chi connectivity index (χ3n) is 5.32. The molecule has 0 aromatic heterocycles. The molecule has 192 valence electrons. The molecule has 0 heterocycles. The molecule has 0 aliphatic rings. The number of carboxylic acids is 1. The minimum absolute atomic E-state index is 0.0372. The second kappa shape index (κ2) is 13.6. The Bertz CT molecular complexity index is 1060. The van der Waals surface area contributed by atoms with Crippen LogP contribution in [0, 0.1) is 0 Å². The van der Waals surface area contributed by atoms with Crippen molar-refractivity contribution in [2.75, 3.05) is 0 Å². The van der Waals surface area contributed by atoms with Gasteiger partial charge in [-0.05, 0) is 24.5 Å². The van der Waals surface area contributed by atoms with Gasteiger partial charge in [0.25, 0.3) is 0 Å². The zero-order valence-corrected chi connectivity index (χ0v) is 19.8. The molecule has 0 aliphatic carbocycles. The Morgan fingerprint density at radius 2 is 1.22 bits per heavy atom. The van der Waals surface area contributed by atoms with Gasteiger partial charge in [0.15, 0.2) is 0 Å². The average molecular weight is 498 g/mol. The first-order valence-electron chi connectivity index (χ1n) is 11.3. The molecule has 0 aliphatic heterocycles. The van der Waals surface area contributed by atoms with E-state index >= 15 is 0 Å². The molecular weight excluding hydrogens is 466 g/mol. The van der Waals surface area contributed by atoms with Crippen LogP contribution in [0.5, 0.6) is 0 Å². The Hall–Kier alpha value is -4.25. The van der Waals surface area contributed by atoms with Gasteiger partial charge in [-0.25, -0.2) is 0 Å². The third-order valence-corrected chi connectivity index (χ3v) is 5.32. The van der Waals surface area contributed by atoms with E-state index < -0.39 is 60.2 Å². The highest BCUT2D eigenvalue weighted by molar-refractivity contribution is 5.96. The Labute approximate surface area is 208 Å². The quantitative estimate of drug-likeness (QED) is 0.209. The van der Waals surface area contributed by atoms with Crippen LogP contribution in [0.2, 0.25) is 0 Å². The summed E-state index contributed by atoms with van der Waals surface area (Å²) in [7, 11) is 0. The van der Waals surface area contributed by atoms with Crippen LogP contribution in [-0.2, 0) is 36.8 Å². The van der Waals surface area contributed by atoms with Gasteiger partial charge in [0.05, 0.1) is 12.5 Å². The molecule has 4 atom stereocenters. The Morgan fingerprint density at radius 1 is 0.750 bits per heavy atom. The van der Waals surface area contributed by atoms with E-state index in [0.717, 1.165) is 5.56 Å². The van der Waals surface area contributed by atoms with Gasteiger partial charge >= 0.3 is 5.97 Å². The topological polar surface area (TPSA) is 194 Å². The SMILES string of the molecule is CC(NC(=O)C(Cc1ccccc1)NC(=O)C(CC(N)=O)NC(=O)C(N)Cc1ccccc1)C(=O)O. The molecule has 4 unspecified atom stereocenters. The van der Waals surface area contributed by atoms with Crippen molar-refractivity contribution in [2.45, 2.75) is 50.4 Å². The average Bonchev–Trinajstić information content (AvgIpc) is 2.83. The number of carbonyl (C=O) groups is 5. The van der Waals surface area contributed by atoms with Gasteiger partial charge in [0, 0.05) is 6.42 Å². The summed E-state index contributed by atoms with van der Waals surface area (Å²) >= 11 is 0. The van der Waals surface area contributed by atoms with Crippen LogP contribution in [0.25, 0.3) is 0 Å². The number of rotatable bonds is 13. The summed E-state index contributed by atoms with van der Waals surface area (Å²) in [6, 6.07) is 13.0. The highest BCUT2D eigenvalue weighted by Gasteiger charge is 2.30. The first-order valence-corrected chi connectivity index (χ1v) is 11.3. The van der Waals surface area contributed by atoms with Crippen molar-refractivity contribution in [3.8, 4) is 0 Å². The van der Waals surface area contributed by atoms with Crippen molar-refractivity contribution < 1.29 is 29.1 Å². The van der Waals surface area contributed by atoms with Gasteiger partial charge in [-0.2, -0.15) is 0 Å². The van der Waals surface area contributed by atoms with Crippen LogP contribution in [0.4, 0.5) is 0 Å². The molecule has 11 nitrogen and oxygen atoms in total. The van der Waals surface area contributed by atoms with Crippen LogP contribution >= 0.6 is 0 Å². The highest BCUT2D eigenvalue weighted by atomic mass is 16.4. The van der Waals surface area contributed by atoms with Crippen molar-refractivity contribution in [1.82, 2.24) is 16.0 Å². The van der Waals surface area contributed by atoms with E-state index in [1.165, 1.54) is 6.92 Å². The molecule has 0 bridgehead atoms. The normalized spacial score (nSPS) is 13.9. The van der Waals surface area contributed by atoms with Gasteiger partial charge in [-0.1, -0.05) is 60.7 Å². The smallest absolute Gasteiger partial charge is 0.325 e. The van der Waals surface area contributed by atoms with E-state index in [1.54, 1.807) is 54.6 Å². The molecule has 0 radical (unpaired) electrons. The molecular formula is C25H31N5O6. The van der Waals surface area contributed by atoms with Gasteiger partial charge in [-0.3, -0.25) is 24.0 Å². The number of benzene rings is 2. The van der Waals surface area contributed by atoms with Crippen molar-refractivity contribution in [1.29, 1.82) is 0 Å². The van der Waals surface area contributed by atoms with E-state index in [2.05, 4.69) is 16.0 Å². The molecule has 0 fully saturated rings. The van der Waals surface area contributed by atoms with Crippen molar-refractivity contribution in [2.24, 2.45) is 11.5 Å². The van der Waals surface area contributed by atoms with E-state index in [9.17, 15) is 24.0 Å². The summed E-state index contributed by atoms with van der Waals surface area (Å²) in [6.07, 6.45) is -0.292. The second-order valence-electron chi connectivity index (χ2n) is 8.35. The van der Waals surface area contributed by atoms with E-state index in [0.29, 0.717) is 5.56 Å². The van der Waals surface area contributed by atoms with Gasteiger partial charge in [-0.15, -0.1) is 0 Å². The lowest BCUT2D eigenvalue weighted by Gasteiger charge is -2.24. The summed E-state index contributed by atoms with van der Waals surface area (Å²) in [5.41, 5.74) is 12.8. The lowest BCUT2D eigenvalue weighted by Crippen LogP contribution is -2.58. The molecule has 0 saturated carbocycles. The summed E-state index contributed by atoms with van der Waals surface area (Å²) in [5.74, 6) is -4.36. The van der Waals surface area contributed by atoms with Crippen molar-refractivity contribution >= 4 is 29.6 Å². The number of amides is 4. The standard InChI is InChI=1S/C25H31N5O6/c1-15(25(35)36)28-23(33)19(13-17-10-6-3-7-11-17)30-24(34)20(14-21(27)31)29-22(32)18(26)12-16-8-4-2-5-9-16/h2-11,15,18-20H,12-14,26H2,1H3,(H2,27,31)(H,28,33)(H,29,32)(H,30,34)(H,35,36). The lowest BCUT2D eigenvalue weighted by atomic mass is 10.0. The zero-order valence-electron chi connectivity index (χ0n) is 19.8. The van der Waals surface area contributed by atoms with Crippen LogP contribution < -0.4 is 27.4 Å². The highest BCUT2D eigenvalue weighted by Crippen LogP contribution is 2.06. The maximum absolute atomic E-state index is 13.0. The summed E-state index contributed by atoms with van der Waals surface area (Å²) < 4.78 is 0. The minimum atomic E-state index is -1.39. The summed E-state index contributed by atoms with van der Waals surface area (Å²) in [4.78, 5) is 61.3. The van der Waals surface area contributed by atoms with Gasteiger partial charge in [0.2, 0.25) is 23.6 Å². The van der Waals surface area contributed by atoms with Crippen molar-refractivity contribution in [3.05, 3.63) is 71.8 Å². The predicted octanol–water partition coefficient (Wildman–Crippen LogP) is -0.767. The molecule has 2 aromatic rings. The number of hydrogen-bond acceptors (Lipinski definition) is 6. The number of hydrogen-bond donors (Lipinski definition) is 6. The van der Waals surface area contributed by atoms with E-state index in [1.807, 2.05) is 6.07 Å². The fraction of sp³-hybridized carbons (Fsp3) is 0.320. The minimum Gasteiger partial charge on any atom is -0.480 e. The molecule has 0 spiro atoms. The summed E-state index contributed by atoms with van der Waals surface area (Å²) in [6.45, 7) is 1.28. The second-order valence-corrected chi connectivity index (χ2v) is 8.35. The Morgan fingerprint density at radius 3 is 1.72 bits per heavy atom. The largest absolute Gasteiger partial charge is 0.480 e. The predicted molar refractivity (Wildman–Crippen MR) is 131 cm³/mol. The first-order chi connectivity index (χ1) is 17.1. The monoisotopic (exact) mass is 497 g/mol. The molecule has 0 saturated heterocycles.